The summed E-state index contributed by atoms with van der Waals surface area (Å²) in [6.45, 7) is 1.50. The van der Waals surface area contributed by atoms with Crippen LogP contribution in [0.15, 0.2) is 24.3 Å². The summed E-state index contributed by atoms with van der Waals surface area (Å²) >= 11 is 1.18. The first kappa shape index (κ1) is 13.3. The first-order valence-corrected chi connectivity index (χ1v) is 5.92. The lowest BCUT2D eigenvalue weighted by molar-refractivity contribution is -0.109. The van der Waals surface area contributed by atoms with Crippen LogP contribution < -0.4 is 5.73 Å². The van der Waals surface area contributed by atoms with E-state index in [0.29, 0.717) is 17.0 Å². The Morgan fingerprint density at radius 3 is 2.76 bits per heavy atom. The second kappa shape index (κ2) is 6.10. The molecule has 0 fully saturated rings. The number of thioether (sulfide) groups is 1. The predicted molar refractivity (Wildman–Crippen MR) is 70.0 cm³/mol. The smallest absolute Gasteiger partial charge is 0.335 e. The molecule has 90 valence electrons. The van der Waals surface area contributed by atoms with Gasteiger partial charge in [-0.2, -0.15) is 0 Å². The van der Waals surface area contributed by atoms with Crippen LogP contribution in [0, 0.1) is 0 Å². The van der Waals surface area contributed by atoms with E-state index in [1.165, 1.54) is 30.8 Å². The van der Waals surface area contributed by atoms with Crippen molar-refractivity contribution in [3.63, 3.8) is 0 Å². The summed E-state index contributed by atoms with van der Waals surface area (Å²) in [4.78, 5) is 21.5. The molecule has 0 amide bonds. The standard InChI is InChI=1S/C12H13NO3S/c1-8(14)17-6-2-3-9-7-10(12(15)16)4-5-11(9)13/h2-5,7H,6,13H2,1H3,(H,15,16). The van der Waals surface area contributed by atoms with Crippen LogP contribution in [0.5, 0.6) is 0 Å². The van der Waals surface area contributed by atoms with Gasteiger partial charge in [-0.15, -0.1) is 0 Å². The van der Waals surface area contributed by atoms with E-state index in [0.717, 1.165) is 0 Å². The van der Waals surface area contributed by atoms with Crippen LogP contribution in [0.25, 0.3) is 6.08 Å². The maximum absolute atomic E-state index is 10.8. The van der Waals surface area contributed by atoms with E-state index in [-0.39, 0.29) is 10.7 Å². The lowest BCUT2D eigenvalue weighted by atomic mass is 10.1. The highest BCUT2D eigenvalue weighted by molar-refractivity contribution is 8.13. The number of carbonyl (C=O) groups excluding carboxylic acids is 1. The normalized spacial score (nSPS) is 10.6. The molecule has 1 aromatic rings. The summed E-state index contributed by atoms with van der Waals surface area (Å²) in [5.41, 5.74) is 7.07. The number of benzene rings is 1. The average Bonchev–Trinajstić information content (AvgIpc) is 2.25. The van der Waals surface area contributed by atoms with Crippen LogP contribution >= 0.6 is 11.8 Å². The average molecular weight is 251 g/mol. The van der Waals surface area contributed by atoms with E-state index < -0.39 is 5.97 Å². The van der Waals surface area contributed by atoms with Crippen LogP contribution in [0.4, 0.5) is 5.69 Å². The fraction of sp³-hybridized carbons (Fsp3) is 0.167. The molecule has 4 nitrogen and oxygen atoms in total. The molecule has 0 aliphatic heterocycles. The molecule has 0 atom stereocenters. The van der Waals surface area contributed by atoms with Gasteiger partial charge >= 0.3 is 5.97 Å². The summed E-state index contributed by atoms with van der Waals surface area (Å²) in [7, 11) is 0. The second-order valence-corrected chi connectivity index (χ2v) is 4.55. The minimum absolute atomic E-state index is 0.0434. The zero-order valence-electron chi connectivity index (χ0n) is 9.34. The molecule has 0 aromatic heterocycles. The highest BCUT2D eigenvalue weighted by atomic mass is 32.2. The lowest BCUT2D eigenvalue weighted by Crippen LogP contribution is -1.98. The summed E-state index contributed by atoms with van der Waals surface area (Å²) < 4.78 is 0. The van der Waals surface area contributed by atoms with E-state index >= 15 is 0 Å². The zero-order valence-corrected chi connectivity index (χ0v) is 10.2. The van der Waals surface area contributed by atoms with Crippen molar-refractivity contribution < 1.29 is 14.7 Å². The number of carbonyl (C=O) groups is 2. The molecule has 0 spiro atoms. The van der Waals surface area contributed by atoms with Gasteiger partial charge in [-0.1, -0.05) is 23.9 Å². The number of nitrogen functional groups attached to an aromatic ring is 1. The summed E-state index contributed by atoms with van der Waals surface area (Å²) in [6.07, 6.45) is 3.50. The first-order chi connectivity index (χ1) is 8.00. The largest absolute Gasteiger partial charge is 0.478 e. The molecule has 17 heavy (non-hydrogen) atoms. The maximum atomic E-state index is 10.8. The second-order valence-electron chi connectivity index (χ2n) is 3.35. The number of carboxylic acid groups (broad SMARTS) is 1. The van der Waals surface area contributed by atoms with Gasteiger partial charge in [-0.3, -0.25) is 4.79 Å². The molecule has 0 saturated heterocycles. The molecule has 0 unspecified atom stereocenters. The van der Waals surface area contributed by atoms with Crippen molar-refractivity contribution >= 4 is 34.6 Å². The van der Waals surface area contributed by atoms with E-state index in [9.17, 15) is 9.59 Å². The molecule has 0 radical (unpaired) electrons. The quantitative estimate of drug-likeness (QED) is 0.802. The van der Waals surface area contributed by atoms with Crippen LogP contribution in [0.1, 0.15) is 22.8 Å². The Morgan fingerprint density at radius 1 is 1.47 bits per heavy atom. The Morgan fingerprint density at radius 2 is 2.18 bits per heavy atom. The van der Waals surface area contributed by atoms with Gasteiger partial charge in [0.15, 0.2) is 5.12 Å². The summed E-state index contributed by atoms with van der Waals surface area (Å²) in [5.74, 6) is -0.440. The summed E-state index contributed by atoms with van der Waals surface area (Å²) in [5, 5.41) is 8.87. The van der Waals surface area contributed by atoms with Gasteiger partial charge in [0, 0.05) is 18.4 Å². The van der Waals surface area contributed by atoms with Gasteiger partial charge < -0.3 is 10.8 Å². The molecule has 1 rings (SSSR count). The highest BCUT2D eigenvalue weighted by Gasteiger charge is 2.04. The lowest BCUT2D eigenvalue weighted by Gasteiger charge is -2.01. The third-order valence-electron chi connectivity index (χ3n) is 2.01. The van der Waals surface area contributed by atoms with Crippen molar-refractivity contribution in [1.29, 1.82) is 0 Å². The molecule has 0 heterocycles. The Labute approximate surface area is 104 Å². The van der Waals surface area contributed by atoms with Gasteiger partial charge in [0.25, 0.3) is 0 Å². The monoisotopic (exact) mass is 251 g/mol. The number of rotatable bonds is 4. The van der Waals surface area contributed by atoms with Crippen molar-refractivity contribution in [1.82, 2.24) is 0 Å². The van der Waals surface area contributed by atoms with Crippen LogP contribution in [0.3, 0.4) is 0 Å². The van der Waals surface area contributed by atoms with Gasteiger partial charge in [0.2, 0.25) is 0 Å². The maximum Gasteiger partial charge on any atom is 0.335 e. The molecule has 3 N–H and O–H groups in total. The fourth-order valence-electron chi connectivity index (χ4n) is 1.19. The third kappa shape index (κ3) is 4.32. The van der Waals surface area contributed by atoms with Crippen LogP contribution in [-0.4, -0.2) is 21.9 Å². The van der Waals surface area contributed by atoms with Gasteiger partial charge in [0.1, 0.15) is 0 Å². The Balaban J connectivity index is 2.79. The van der Waals surface area contributed by atoms with E-state index in [4.69, 9.17) is 10.8 Å². The van der Waals surface area contributed by atoms with Gasteiger partial charge in [-0.25, -0.2) is 4.79 Å². The molecule has 0 aliphatic rings. The molecule has 1 aromatic carbocycles. The number of aromatic carboxylic acids is 1. The number of hydrogen-bond donors (Lipinski definition) is 2. The topological polar surface area (TPSA) is 80.4 Å². The van der Waals surface area contributed by atoms with E-state index in [2.05, 4.69) is 0 Å². The van der Waals surface area contributed by atoms with Gasteiger partial charge in [-0.05, 0) is 23.8 Å². The number of anilines is 1. The van der Waals surface area contributed by atoms with Crippen molar-refractivity contribution in [2.45, 2.75) is 6.92 Å². The SMILES string of the molecule is CC(=O)SCC=Cc1cc(C(=O)O)ccc1N. The molecular weight excluding hydrogens is 238 g/mol. The Bertz CT molecular complexity index is 469. The highest BCUT2D eigenvalue weighted by Crippen LogP contribution is 2.16. The first-order valence-electron chi connectivity index (χ1n) is 4.93. The molecule has 0 aliphatic carbocycles. The molecular formula is C12H13NO3S. The van der Waals surface area contributed by atoms with Crippen molar-refractivity contribution in [3.8, 4) is 0 Å². The number of nitrogens with two attached hydrogens (primary N) is 1. The number of hydrogen-bond acceptors (Lipinski definition) is 4. The van der Waals surface area contributed by atoms with Gasteiger partial charge in [0.05, 0.1) is 5.56 Å². The Hall–Kier alpha value is -1.75. The van der Waals surface area contributed by atoms with Crippen molar-refractivity contribution in [2.75, 3.05) is 11.5 Å². The minimum Gasteiger partial charge on any atom is -0.478 e. The van der Waals surface area contributed by atoms with Crippen LogP contribution in [0.2, 0.25) is 0 Å². The zero-order chi connectivity index (χ0) is 12.8. The van der Waals surface area contributed by atoms with E-state index in [1.807, 2.05) is 0 Å². The molecule has 0 bridgehead atoms. The molecule has 0 saturated carbocycles. The fourth-order valence-corrected chi connectivity index (χ4v) is 1.62. The third-order valence-corrected chi connectivity index (χ3v) is 2.78. The van der Waals surface area contributed by atoms with E-state index in [1.54, 1.807) is 18.2 Å². The number of carboxylic acids is 1. The predicted octanol–water partition coefficient (Wildman–Crippen LogP) is 2.26. The summed E-state index contributed by atoms with van der Waals surface area (Å²) in [6, 6.07) is 4.52. The molecule has 5 heteroatoms. The van der Waals surface area contributed by atoms with Crippen molar-refractivity contribution in [3.05, 3.63) is 35.4 Å². The minimum atomic E-state index is -0.988. The van der Waals surface area contributed by atoms with Crippen molar-refractivity contribution in [2.24, 2.45) is 0 Å². The van der Waals surface area contributed by atoms with Crippen LogP contribution in [-0.2, 0) is 4.79 Å². The Kier molecular flexibility index (Phi) is 4.78.